The number of guanidine groups is 1. The number of nitrogens with zero attached hydrogens (tertiary/aromatic N) is 1. The van der Waals surface area contributed by atoms with Gasteiger partial charge in [-0.1, -0.05) is 12.1 Å². The second-order valence-electron chi connectivity index (χ2n) is 4.11. The van der Waals surface area contributed by atoms with Gasteiger partial charge in [0.25, 0.3) is 0 Å². The average Bonchev–Trinajstić information content (AvgIpc) is 2.47. The van der Waals surface area contributed by atoms with E-state index in [0.29, 0.717) is 37.8 Å². The molecule has 0 fully saturated rings. The van der Waals surface area contributed by atoms with Crippen molar-refractivity contribution < 1.29 is 9.53 Å². The largest absolute Gasteiger partial charge is 0.380 e. The van der Waals surface area contributed by atoms with Crippen LogP contribution in [0.5, 0.6) is 0 Å². The van der Waals surface area contributed by atoms with Crippen molar-refractivity contribution in [2.24, 2.45) is 10.7 Å². The molecule has 0 radical (unpaired) electrons. The van der Waals surface area contributed by atoms with Crippen LogP contribution in [0.25, 0.3) is 0 Å². The Bertz CT molecular complexity index is 466. The molecule has 118 valence electrons. The van der Waals surface area contributed by atoms with Crippen molar-refractivity contribution in [1.82, 2.24) is 10.6 Å². The third-order valence-corrected chi connectivity index (χ3v) is 2.64. The van der Waals surface area contributed by atoms with E-state index in [1.54, 1.807) is 19.2 Å². The van der Waals surface area contributed by atoms with Gasteiger partial charge in [0.2, 0.25) is 5.91 Å². The number of primary amides is 1. The highest BCUT2D eigenvalue weighted by Crippen LogP contribution is 2.04. The first-order valence-corrected chi connectivity index (χ1v) is 6.58. The number of ether oxygens (including phenoxy) is 1. The van der Waals surface area contributed by atoms with Crippen LogP contribution < -0.4 is 16.4 Å². The first kappa shape index (κ1) is 19.7. The Morgan fingerprint density at radius 1 is 1.38 bits per heavy atom. The molecule has 0 saturated heterocycles. The topological polar surface area (TPSA) is 88.7 Å². The molecule has 7 heteroatoms. The van der Waals surface area contributed by atoms with Gasteiger partial charge in [-0.2, -0.15) is 0 Å². The van der Waals surface area contributed by atoms with Gasteiger partial charge in [-0.05, 0) is 24.6 Å². The Labute approximate surface area is 142 Å². The quantitative estimate of drug-likeness (QED) is 0.274. The van der Waals surface area contributed by atoms with Gasteiger partial charge < -0.3 is 21.1 Å². The molecule has 0 bridgehead atoms. The molecule has 1 rings (SSSR count). The predicted octanol–water partition coefficient (Wildman–Crippen LogP) is 1.10. The van der Waals surface area contributed by atoms with Crippen LogP contribution in [0.2, 0.25) is 0 Å². The molecule has 0 aliphatic heterocycles. The van der Waals surface area contributed by atoms with Gasteiger partial charge in [0.15, 0.2) is 5.96 Å². The van der Waals surface area contributed by atoms with E-state index in [1.165, 1.54) is 0 Å². The Morgan fingerprint density at radius 3 is 2.76 bits per heavy atom. The van der Waals surface area contributed by atoms with Crippen LogP contribution in [0.3, 0.4) is 0 Å². The SMILES string of the molecule is CCOCCNC(=NC)NCc1cccc(C(N)=O)c1.I. The molecule has 4 N–H and O–H groups in total. The molecular weight excluding hydrogens is 383 g/mol. The van der Waals surface area contributed by atoms with E-state index in [0.717, 1.165) is 5.56 Å². The Morgan fingerprint density at radius 2 is 2.14 bits per heavy atom. The fourth-order valence-corrected chi connectivity index (χ4v) is 1.63. The summed E-state index contributed by atoms with van der Waals surface area (Å²) in [6.45, 7) is 4.55. The third-order valence-electron chi connectivity index (χ3n) is 2.64. The summed E-state index contributed by atoms with van der Waals surface area (Å²) in [5, 5.41) is 6.29. The van der Waals surface area contributed by atoms with Crippen molar-refractivity contribution in [2.75, 3.05) is 26.8 Å². The van der Waals surface area contributed by atoms with Gasteiger partial charge in [0.05, 0.1) is 6.61 Å². The lowest BCUT2D eigenvalue weighted by molar-refractivity contribution is 0.1000. The zero-order valence-electron chi connectivity index (χ0n) is 12.4. The predicted molar refractivity (Wildman–Crippen MR) is 95.1 cm³/mol. The summed E-state index contributed by atoms with van der Waals surface area (Å²) in [6, 6.07) is 7.19. The van der Waals surface area contributed by atoms with Crippen molar-refractivity contribution >= 4 is 35.8 Å². The Kier molecular flexibility index (Phi) is 10.6. The second-order valence-corrected chi connectivity index (χ2v) is 4.11. The van der Waals surface area contributed by atoms with Gasteiger partial charge in [0, 0.05) is 32.3 Å². The van der Waals surface area contributed by atoms with Crippen LogP contribution >= 0.6 is 24.0 Å². The molecule has 0 atom stereocenters. The van der Waals surface area contributed by atoms with Crippen LogP contribution in [0.4, 0.5) is 0 Å². The third kappa shape index (κ3) is 7.86. The van der Waals surface area contributed by atoms with Crippen molar-refractivity contribution in [3.05, 3.63) is 35.4 Å². The van der Waals surface area contributed by atoms with E-state index >= 15 is 0 Å². The minimum absolute atomic E-state index is 0. The molecule has 0 heterocycles. The summed E-state index contributed by atoms with van der Waals surface area (Å²) in [5.41, 5.74) is 6.72. The fraction of sp³-hybridized carbons (Fsp3) is 0.429. The van der Waals surface area contributed by atoms with Crippen LogP contribution in [-0.4, -0.2) is 38.7 Å². The van der Waals surface area contributed by atoms with E-state index in [2.05, 4.69) is 15.6 Å². The molecule has 1 aromatic carbocycles. The van der Waals surface area contributed by atoms with Crippen LogP contribution in [-0.2, 0) is 11.3 Å². The number of carbonyl (C=O) groups excluding carboxylic acids is 1. The number of hydrogen-bond acceptors (Lipinski definition) is 3. The minimum atomic E-state index is -0.425. The number of halogens is 1. The highest BCUT2D eigenvalue weighted by Gasteiger charge is 2.02. The molecule has 21 heavy (non-hydrogen) atoms. The first-order valence-electron chi connectivity index (χ1n) is 6.58. The summed E-state index contributed by atoms with van der Waals surface area (Å²) in [4.78, 5) is 15.2. The normalized spacial score (nSPS) is 10.7. The van der Waals surface area contributed by atoms with E-state index in [4.69, 9.17) is 10.5 Å². The number of rotatable bonds is 7. The standard InChI is InChI=1S/C14H22N4O2.HI/c1-3-20-8-7-17-14(16-2)18-10-11-5-4-6-12(9-11)13(15)19;/h4-6,9H,3,7-8,10H2,1-2H3,(H2,15,19)(H2,16,17,18);1H. The number of aliphatic imine (C=N–C) groups is 1. The first-order chi connectivity index (χ1) is 9.67. The molecule has 6 nitrogen and oxygen atoms in total. The van der Waals surface area contributed by atoms with Gasteiger partial charge in [-0.3, -0.25) is 9.79 Å². The van der Waals surface area contributed by atoms with Crippen LogP contribution in [0.15, 0.2) is 29.3 Å². The molecule has 1 amide bonds. The number of hydrogen-bond donors (Lipinski definition) is 3. The van der Waals surface area contributed by atoms with Crippen LogP contribution in [0, 0.1) is 0 Å². The molecule has 0 saturated carbocycles. The second kappa shape index (κ2) is 11.3. The van der Waals surface area contributed by atoms with E-state index in [1.807, 2.05) is 19.1 Å². The number of nitrogens with one attached hydrogen (secondary N) is 2. The lowest BCUT2D eigenvalue weighted by atomic mass is 10.1. The molecule has 0 aliphatic carbocycles. The van der Waals surface area contributed by atoms with E-state index in [9.17, 15) is 4.79 Å². The monoisotopic (exact) mass is 406 g/mol. The molecular formula is C14H23IN4O2. The van der Waals surface area contributed by atoms with Crippen molar-refractivity contribution in [3.63, 3.8) is 0 Å². The summed E-state index contributed by atoms with van der Waals surface area (Å²) in [7, 11) is 1.70. The number of carbonyl (C=O) groups is 1. The summed E-state index contributed by atoms with van der Waals surface area (Å²) in [5.74, 6) is 0.264. The maximum absolute atomic E-state index is 11.1. The highest BCUT2D eigenvalue weighted by molar-refractivity contribution is 14.0. The molecule has 1 aromatic rings. The van der Waals surface area contributed by atoms with E-state index in [-0.39, 0.29) is 24.0 Å². The number of nitrogens with two attached hydrogens (primary N) is 1. The zero-order valence-corrected chi connectivity index (χ0v) is 14.7. The molecule has 0 spiro atoms. The van der Waals surface area contributed by atoms with Gasteiger partial charge in [0.1, 0.15) is 0 Å². The zero-order chi connectivity index (χ0) is 14.8. The molecule has 0 unspecified atom stereocenters. The summed E-state index contributed by atoms with van der Waals surface area (Å²) in [6.07, 6.45) is 0. The maximum atomic E-state index is 11.1. The van der Waals surface area contributed by atoms with Gasteiger partial charge in [-0.15, -0.1) is 24.0 Å². The Balaban J connectivity index is 0.00000400. The van der Waals surface area contributed by atoms with Crippen LogP contribution in [0.1, 0.15) is 22.8 Å². The number of benzene rings is 1. The van der Waals surface area contributed by atoms with Gasteiger partial charge in [-0.25, -0.2) is 0 Å². The maximum Gasteiger partial charge on any atom is 0.248 e. The molecule has 0 aliphatic rings. The van der Waals surface area contributed by atoms with Gasteiger partial charge >= 0.3 is 0 Å². The fourth-order valence-electron chi connectivity index (χ4n) is 1.63. The summed E-state index contributed by atoms with van der Waals surface area (Å²) >= 11 is 0. The molecule has 0 aromatic heterocycles. The highest BCUT2D eigenvalue weighted by atomic mass is 127. The minimum Gasteiger partial charge on any atom is -0.380 e. The van der Waals surface area contributed by atoms with Crippen molar-refractivity contribution in [3.8, 4) is 0 Å². The van der Waals surface area contributed by atoms with Crippen molar-refractivity contribution in [1.29, 1.82) is 0 Å². The number of amides is 1. The average molecular weight is 406 g/mol. The lowest BCUT2D eigenvalue weighted by Crippen LogP contribution is -2.38. The summed E-state index contributed by atoms with van der Waals surface area (Å²) < 4.78 is 5.24. The van der Waals surface area contributed by atoms with E-state index < -0.39 is 5.91 Å². The smallest absolute Gasteiger partial charge is 0.248 e. The lowest BCUT2D eigenvalue weighted by Gasteiger charge is -2.12. The van der Waals surface area contributed by atoms with Crippen molar-refractivity contribution in [2.45, 2.75) is 13.5 Å². The Hall–Kier alpha value is -1.35.